The number of hydrogen-bond acceptors (Lipinski definition) is 3. The topological polar surface area (TPSA) is 49.9 Å². The summed E-state index contributed by atoms with van der Waals surface area (Å²) >= 11 is 0. The first kappa shape index (κ1) is 19.9. The number of aryl methyl sites for hydroxylation is 3. The van der Waals surface area contributed by atoms with Gasteiger partial charge in [-0.05, 0) is 62.8 Å². The quantitative estimate of drug-likeness (QED) is 0.816. The van der Waals surface area contributed by atoms with E-state index in [0.29, 0.717) is 19.6 Å². The van der Waals surface area contributed by atoms with E-state index in [1.54, 1.807) is 7.11 Å². The Hall–Kier alpha value is -1.88. The Morgan fingerprint density at radius 1 is 1.11 bits per heavy atom. The lowest BCUT2D eigenvalue weighted by Gasteiger charge is -2.48. The summed E-state index contributed by atoms with van der Waals surface area (Å²) in [6.07, 6.45) is 3.54. The number of amides is 2. The third-order valence-electron chi connectivity index (χ3n) is 6.33. The van der Waals surface area contributed by atoms with Crippen LogP contribution in [0.15, 0.2) is 12.1 Å². The van der Waals surface area contributed by atoms with Crippen molar-refractivity contribution in [3.63, 3.8) is 0 Å². The fourth-order valence-corrected chi connectivity index (χ4v) is 4.58. The van der Waals surface area contributed by atoms with Crippen LogP contribution in [0.3, 0.4) is 0 Å². The molecule has 0 unspecified atom stereocenters. The predicted molar refractivity (Wildman–Crippen MR) is 106 cm³/mol. The summed E-state index contributed by atoms with van der Waals surface area (Å²) < 4.78 is 5.16. The van der Waals surface area contributed by atoms with Gasteiger partial charge in [0.1, 0.15) is 0 Å². The van der Waals surface area contributed by atoms with Gasteiger partial charge in [-0.3, -0.25) is 9.59 Å². The number of hydrogen-bond donors (Lipinski definition) is 0. The summed E-state index contributed by atoms with van der Waals surface area (Å²) in [5.41, 5.74) is 4.27. The molecule has 5 nitrogen and oxygen atoms in total. The van der Waals surface area contributed by atoms with E-state index in [0.717, 1.165) is 55.6 Å². The summed E-state index contributed by atoms with van der Waals surface area (Å²) in [4.78, 5) is 29.5. The highest BCUT2D eigenvalue weighted by atomic mass is 16.5. The lowest BCUT2D eigenvalue weighted by Crippen LogP contribution is -2.55. The van der Waals surface area contributed by atoms with Crippen LogP contribution in [0.4, 0.5) is 0 Å². The van der Waals surface area contributed by atoms with E-state index in [4.69, 9.17) is 4.74 Å². The van der Waals surface area contributed by atoms with Crippen LogP contribution in [0.1, 0.15) is 52.7 Å². The molecular formula is C22H32N2O3. The van der Waals surface area contributed by atoms with Crippen molar-refractivity contribution in [1.29, 1.82) is 0 Å². The maximum atomic E-state index is 13.3. The number of likely N-dealkylation sites (tertiary alicyclic amines) is 2. The van der Waals surface area contributed by atoms with Crippen molar-refractivity contribution >= 4 is 11.8 Å². The maximum Gasteiger partial charge on any atom is 0.254 e. The molecule has 2 amide bonds. The molecule has 1 atom stereocenters. The largest absolute Gasteiger partial charge is 0.383 e. The van der Waals surface area contributed by atoms with Crippen molar-refractivity contribution < 1.29 is 14.3 Å². The van der Waals surface area contributed by atoms with Gasteiger partial charge >= 0.3 is 0 Å². The molecule has 0 aliphatic carbocycles. The van der Waals surface area contributed by atoms with Gasteiger partial charge in [0.2, 0.25) is 5.91 Å². The summed E-state index contributed by atoms with van der Waals surface area (Å²) in [6.45, 7) is 9.65. The molecule has 1 aromatic carbocycles. The highest BCUT2D eigenvalue weighted by molar-refractivity contribution is 5.96. The first-order valence-electron chi connectivity index (χ1n) is 9.99. The number of rotatable bonds is 4. The Morgan fingerprint density at radius 2 is 1.85 bits per heavy atom. The molecule has 1 spiro atoms. The van der Waals surface area contributed by atoms with Gasteiger partial charge in [0.25, 0.3) is 5.91 Å². The smallest absolute Gasteiger partial charge is 0.254 e. The fraction of sp³-hybridized carbons (Fsp3) is 0.636. The molecule has 2 saturated heterocycles. The second-order valence-electron chi connectivity index (χ2n) is 8.39. The zero-order valence-corrected chi connectivity index (χ0v) is 17.1. The molecule has 5 heteroatoms. The van der Waals surface area contributed by atoms with Gasteiger partial charge in [0.15, 0.2) is 0 Å². The Morgan fingerprint density at radius 3 is 2.59 bits per heavy atom. The summed E-state index contributed by atoms with van der Waals surface area (Å²) in [5, 5.41) is 0. The van der Waals surface area contributed by atoms with E-state index < -0.39 is 0 Å². The minimum Gasteiger partial charge on any atom is -0.383 e. The normalized spacial score (nSPS) is 23.2. The van der Waals surface area contributed by atoms with Gasteiger partial charge in [0, 0.05) is 50.7 Å². The molecule has 1 aromatic rings. The van der Waals surface area contributed by atoms with Crippen molar-refractivity contribution in [3.8, 4) is 0 Å². The zero-order valence-electron chi connectivity index (χ0n) is 17.1. The number of methoxy groups -OCH3 is 1. The highest BCUT2D eigenvalue weighted by Gasteiger charge is 2.42. The highest BCUT2D eigenvalue weighted by Crippen LogP contribution is 2.39. The molecule has 0 bridgehead atoms. The standard InChI is InChI=1S/C22H32N2O3/c1-16-12-18(3)19(13-17(16)2)21(26)24-9-5-7-22(15-24)8-6-20(25)23(14-22)10-11-27-4/h12-13H,5-11,14-15H2,1-4H3/t22-/m1/s1. The molecular weight excluding hydrogens is 340 g/mol. The first-order chi connectivity index (χ1) is 12.8. The van der Waals surface area contributed by atoms with E-state index >= 15 is 0 Å². The minimum absolute atomic E-state index is 0.0310. The van der Waals surface area contributed by atoms with Crippen molar-refractivity contribution in [3.05, 3.63) is 34.4 Å². The molecule has 0 N–H and O–H groups in total. The van der Waals surface area contributed by atoms with E-state index in [9.17, 15) is 9.59 Å². The molecule has 0 saturated carbocycles. The second kappa shape index (κ2) is 8.01. The van der Waals surface area contributed by atoms with E-state index in [-0.39, 0.29) is 17.2 Å². The molecule has 2 aliphatic heterocycles. The van der Waals surface area contributed by atoms with Crippen LogP contribution >= 0.6 is 0 Å². The maximum absolute atomic E-state index is 13.3. The Labute approximate surface area is 162 Å². The monoisotopic (exact) mass is 372 g/mol. The summed E-state index contributed by atoms with van der Waals surface area (Å²) in [5.74, 6) is 0.348. The third kappa shape index (κ3) is 4.18. The number of piperidine rings is 2. The third-order valence-corrected chi connectivity index (χ3v) is 6.33. The van der Waals surface area contributed by atoms with E-state index in [1.807, 2.05) is 22.8 Å². The molecule has 27 heavy (non-hydrogen) atoms. The minimum atomic E-state index is 0.0310. The molecule has 3 rings (SSSR count). The second-order valence-corrected chi connectivity index (χ2v) is 8.39. The zero-order chi connectivity index (χ0) is 19.6. The van der Waals surface area contributed by atoms with Crippen LogP contribution < -0.4 is 0 Å². The Bertz CT molecular complexity index is 731. The van der Waals surface area contributed by atoms with Gasteiger partial charge in [-0.2, -0.15) is 0 Å². The van der Waals surface area contributed by atoms with Gasteiger partial charge in [-0.25, -0.2) is 0 Å². The van der Waals surface area contributed by atoms with E-state index in [2.05, 4.69) is 19.9 Å². The van der Waals surface area contributed by atoms with E-state index in [1.165, 1.54) is 5.56 Å². The van der Waals surface area contributed by atoms with Gasteiger partial charge in [-0.1, -0.05) is 6.07 Å². The van der Waals surface area contributed by atoms with Crippen LogP contribution in [-0.2, 0) is 9.53 Å². The lowest BCUT2D eigenvalue weighted by atomic mass is 9.73. The SMILES string of the molecule is COCCN1C[C@@]2(CCCN(C(=O)c3cc(C)c(C)cc3C)C2)CCC1=O. The van der Waals surface area contributed by atoms with Crippen LogP contribution in [0.2, 0.25) is 0 Å². The van der Waals surface area contributed by atoms with Gasteiger partial charge in [-0.15, -0.1) is 0 Å². The predicted octanol–water partition coefficient (Wildman–Crippen LogP) is 3.10. The summed E-state index contributed by atoms with van der Waals surface area (Å²) in [6, 6.07) is 4.14. The first-order valence-corrected chi connectivity index (χ1v) is 9.99. The number of nitrogens with zero attached hydrogens (tertiary/aromatic N) is 2. The molecule has 2 aliphatic rings. The average molecular weight is 373 g/mol. The molecule has 2 fully saturated rings. The Balaban J connectivity index is 1.76. The van der Waals surface area contributed by atoms with Crippen LogP contribution in [0.5, 0.6) is 0 Å². The number of benzene rings is 1. The van der Waals surface area contributed by atoms with Crippen LogP contribution in [0, 0.1) is 26.2 Å². The fourth-order valence-electron chi connectivity index (χ4n) is 4.58. The molecule has 148 valence electrons. The Kier molecular flexibility index (Phi) is 5.89. The number of carbonyl (C=O) groups is 2. The van der Waals surface area contributed by atoms with Crippen molar-refractivity contribution in [2.45, 2.75) is 46.5 Å². The lowest BCUT2D eigenvalue weighted by molar-refractivity contribution is -0.139. The molecule has 0 aromatic heterocycles. The number of ether oxygens (including phenoxy) is 1. The number of carbonyl (C=O) groups excluding carboxylic acids is 2. The molecule has 2 heterocycles. The van der Waals surface area contributed by atoms with Crippen LogP contribution in [0.25, 0.3) is 0 Å². The van der Waals surface area contributed by atoms with Gasteiger partial charge < -0.3 is 14.5 Å². The van der Waals surface area contributed by atoms with Crippen LogP contribution in [-0.4, -0.2) is 61.5 Å². The molecule has 0 radical (unpaired) electrons. The van der Waals surface area contributed by atoms with Crippen molar-refractivity contribution in [2.75, 3.05) is 39.9 Å². The van der Waals surface area contributed by atoms with Crippen molar-refractivity contribution in [2.24, 2.45) is 5.41 Å². The van der Waals surface area contributed by atoms with Gasteiger partial charge in [0.05, 0.1) is 6.61 Å². The average Bonchev–Trinajstić information content (AvgIpc) is 2.65. The summed E-state index contributed by atoms with van der Waals surface area (Å²) in [7, 11) is 1.66. The van der Waals surface area contributed by atoms with Crippen molar-refractivity contribution in [1.82, 2.24) is 9.80 Å².